The maximum Gasteiger partial charge on any atom is 0.227 e. The molecule has 1 fully saturated rings. The molecule has 0 aromatic heterocycles. The number of hydrogen-bond donors (Lipinski definition) is 1. The van der Waals surface area contributed by atoms with Crippen LogP contribution in [0.3, 0.4) is 0 Å². The quantitative estimate of drug-likeness (QED) is 0.801. The molecule has 1 N–H and O–H groups in total. The summed E-state index contributed by atoms with van der Waals surface area (Å²) in [7, 11) is 0. The maximum atomic E-state index is 12.4. The summed E-state index contributed by atoms with van der Waals surface area (Å²) < 4.78 is 0. The van der Waals surface area contributed by atoms with E-state index in [-0.39, 0.29) is 11.8 Å². The number of nitrogens with zero attached hydrogens (tertiary/aromatic N) is 1. The topological polar surface area (TPSA) is 32.3 Å². The molecule has 1 saturated heterocycles. The van der Waals surface area contributed by atoms with E-state index >= 15 is 0 Å². The number of amides is 1. The van der Waals surface area contributed by atoms with Crippen molar-refractivity contribution in [2.24, 2.45) is 5.92 Å². The molecule has 1 atom stereocenters. The lowest BCUT2D eigenvalue weighted by molar-refractivity contribution is -0.135. The van der Waals surface area contributed by atoms with Crippen molar-refractivity contribution in [1.29, 1.82) is 0 Å². The van der Waals surface area contributed by atoms with Gasteiger partial charge >= 0.3 is 0 Å². The second-order valence-corrected chi connectivity index (χ2v) is 4.68. The van der Waals surface area contributed by atoms with Crippen LogP contribution >= 0.6 is 0 Å². The minimum Gasteiger partial charge on any atom is -0.334 e. The Bertz CT molecular complexity index is 396. The molecule has 1 aliphatic heterocycles. The highest BCUT2D eigenvalue weighted by Gasteiger charge is 2.26. The van der Waals surface area contributed by atoms with Gasteiger partial charge in [0.05, 0.1) is 5.92 Å². The Balaban J connectivity index is 2.03. The van der Waals surface area contributed by atoms with E-state index in [9.17, 15) is 4.79 Å². The van der Waals surface area contributed by atoms with Gasteiger partial charge in [-0.15, -0.1) is 6.58 Å². The Morgan fingerprint density at radius 2 is 2.22 bits per heavy atom. The Kier molecular flexibility index (Phi) is 4.53. The fourth-order valence-corrected chi connectivity index (χ4v) is 2.32. The summed E-state index contributed by atoms with van der Waals surface area (Å²) >= 11 is 0. The van der Waals surface area contributed by atoms with Gasteiger partial charge in [-0.3, -0.25) is 4.79 Å². The molecule has 1 amide bonds. The minimum absolute atomic E-state index is 0.133. The highest BCUT2D eigenvalue weighted by molar-refractivity contribution is 5.79. The molecule has 3 nitrogen and oxygen atoms in total. The first-order valence-electron chi connectivity index (χ1n) is 6.45. The largest absolute Gasteiger partial charge is 0.334 e. The van der Waals surface area contributed by atoms with E-state index in [1.165, 1.54) is 5.56 Å². The normalized spacial score (nSPS) is 18.6. The molecule has 0 bridgehead atoms. The fourth-order valence-electron chi connectivity index (χ4n) is 2.32. The van der Waals surface area contributed by atoms with Gasteiger partial charge in [0.2, 0.25) is 5.91 Å². The van der Waals surface area contributed by atoms with Crippen LogP contribution in [0.25, 0.3) is 0 Å². The predicted octanol–water partition coefficient (Wildman–Crippen LogP) is 1.81. The Morgan fingerprint density at radius 1 is 1.44 bits per heavy atom. The Labute approximate surface area is 108 Å². The van der Waals surface area contributed by atoms with Crippen LogP contribution in [0.5, 0.6) is 0 Å². The number of carbonyl (C=O) groups is 1. The molecule has 0 spiro atoms. The monoisotopic (exact) mass is 244 g/mol. The number of nitrogens with one attached hydrogen (secondary N) is 1. The fraction of sp³-hybridized carbons (Fsp3) is 0.400. The minimum atomic E-state index is 0.133. The number of carbonyl (C=O) groups excluding carboxylic acids is 1. The molecule has 2 rings (SSSR count). The zero-order chi connectivity index (χ0) is 12.8. The van der Waals surface area contributed by atoms with E-state index in [0.717, 1.165) is 19.5 Å². The van der Waals surface area contributed by atoms with Crippen molar-refractivity contribution < 1.29 is 4.79 Å². The summed E-state index contributed by atoms with van der Waals surface area (Å²) in [6.45, 7) is 6.78. The lowest BCUT2D eigenvalue weighted by Gasteiger charge is -2.24. The molecule has 1 unspecified atom stereocenters. The molecule has 1 heterocycles. The van der Waals surface area contributed by atoms with Crippen LogP contribution in [0.2, 0.25) is 0 Å². The van der Waals surface area contributed by atoms with Gasteiger partial charge in [-0.2, -0.15) is 0 Å². The van der Waals surface area contributed by atoms with E-state index < -0.39 is 0 Å². The molecular formula is C15H20N2O. The SMILES string of the molecule is C=CCN(Cc1ccccc1)C(=O)C1CCNC1. The van der Waals surface area contributed by atoms with E-state index in [0.29, 0.717) is 13.1 Å². The first-order chi connectivity index (χ1) is 8.81. The number of rotatable bonds is 5. The Hall–Kier alpha value is -1.61. The zero-order valence-electron chi connectivity index (χ0n) is 10.6. The molecule has 0 saturated carbocycles. The van der Waals surface area contributed by atoms with Crippen LogP contribution in [0.4, 0.5) is 0 Å². The maximum absolute atomic E-state index is 12.4. The summed E-state index contributed by atoms with van der Waals surface area (Å²) in [6.07, 6.45) is 2.74. The van der Waals surface area contributed by atoms with Crippen molar-refractivity contribution in [3.63, 3.8) is 0 Å². The lowest BCUT2D eigenvalue weighted by Crippen LogP contribution is -2.36. The van der Waals surface area contributed by atoms with Gasteiger partial charge in [0.15, 0.2) is 0 Å². The summed E-state index contributed by atoms with van der Waals surface area (Å²) in [4.78, 5) is 14.3. The highest BCUT2D eigenvalue weighted by Crippen LogP contribution is 2.14. The first kappa shape index (κ1) is 12.8. The van der Waals surface area contributed by atoms with Gasteiger partial charge in [-0.1, -0.05) is 36.4 Å². The van der Waals surface area contributed by atoms with Crippen molar-refractivity contribution in [1.82, 2.24) is 10.2 Å². The lowest BCUT2D eigenvalue weighted by atomic mass is 10.1. The van der Waals surface area contributed by atoms with Gasteiger partial charge in [-0.25, -0.2) is 0 Å². The van der Waals surface area contributed by atoms with Crippen LogP contribution in [0, 0.1) is 5.92 Å². The van der Waals surface area contributed by atoms with Crippen LogP contribution in [0.15, 0.2) is 43.0 Å². The number of benzene rings is 1. The van der Waals surface area contributed by atoms with Crippen molar-refractivity contribution in [3.8, 4) is 0 Å². The molecule has 0 aliphatic carbocycles. The van der Waals surface area contributed by atoms with E-state index in [2.05, 4.69) is 24.0 Å². The van der Waals surface area contributed by atoms with E-state index in [1.54, 1.807) is 6.08 Å². The summed E-state index contributed by atoms with van der Waals surface area (Å²) in [5.41, 5.74) is 1.17. The molecule has 1 aliphatic rings. The number of hydrogen-bond acceptors (Lipinski definition) is 2. The predicted molar refractivity (Wildman–Crippen MR) is 73.0 cm³/mol. The molecule has 96 valence electrons. The van der Waals surface area contributed by atoms with Crippen LogP contribution < -0.4 is 5.32 Å². The molecule has 3 heteroatoms. The van der Waals surface area contributed by atoms with Gasteiger partial charge in [0, 0.05) is 19.6 Å². The molecular weight excluding hydrogens is 224 g/mol. The average molecular weight is 244 g/mol. The standard InChI is InChI=1S/C15H20N2O/c1-2-10-17(12-13-6-4-3-5-7-13)15(18)14-8-9-16-11-14/h2-7,14,16H,1,8-12H2. The smallest absolute Gasteiger partial charge is 0.227 e. The third kappa shape index (κ3) is 3.20. The third-order valence-electron chi connectivity index (χ3n) is 3.29. The van der Waals surface area contributed by atoms with Crippen molar-refractivity contribution in [3.05, 3.63) is 48.6 Å². The van der Waals surface area contributed by atoms with Crippen molar-refractivity contribution in [2.75, 3.05) is 19.6 Å². The van der Waals surface area contributed by atoms with Crippen LogP contribution in [-0.4, -0.2) is 30.4 Å². The highest BCUT2D eigenvalue weighted by atomic mass is 16.2. The van der Waals surface area contributed by atoms with E-state index in [1.807, 2.05) is 23.1 Å². The zero-order valence-corrected chi connectivity index (χ0v) is 10.6. The summed E-state index contributed by atoms with van der Waals surface area (Å²) in [5, 5.41) is 3.24. The van der Waals surface area contributed by atoms with Crippen LogP contribution in [-0.2, 0) is 11.3 Å². The molecule has 1 aromatic rings. The molecule has 0 radical (unpaired) electrons. The van der Waals surface area contributed by atoms with Gasteiger partial charge in [0.25, 0.3) is 0 Å². The van der Waals surface area contributed by atoms with Crippen molar-refractivity contribution in [2.45, 2.75) is 13.0 Å². The van der Waals surface area contributed by atoms with Gasteiger partial charge in [-0.05, 0) is 18.5 Å². The van der Waals surface area contributed by atoms with E-state index in [4.69, 9.17) is 0 Å². The molecule has 18 heavy (non-hydrogen) atoms. The Morgan fingerprint density at radius 3 is 2.83 bits per heavy atom. The first-order valence-corrected chi connectivity index (χ1v) is 6.45. The van der Waals surface area contributed by atoms with Crippen molar-refractivity contribution >= 4 is 5.91 Å². The summed E-state index contributed by atoms with van der Waals surface area (Å²) in [5.74, 6) is 0.373. The van der Waals surface area contributed by atoms with Gasteiger partial charge in [0.1, 0.15) is 0 Å². The summed E-state index contributed by atoms with van der Waals surface area (Å²) in [6, 6.07) is 10.1. The van der Waals surface area contributed by atoms with Gasteiger partial charge < -0.3 is 10.2 Å². The molecule has 1 aromatic carbocycles. The van der Waals surface area contributed by atoms with Crippen LogP contribution in [0.1, 0.15) is 12.0 Å². The average Bonchev–Trinajstić information content (AvgIpc) is 2.92. The second kappa shape index (κ2) is 6.36. The third-order valence-corrected chi connectivity index (χ3v) is 3.29. The second-order valence-electron chi connectivity index (χ2n) is 4.68.